The molecular formula is C20H44ClN5. The maximum absolute atomic E-state index is 5.54. The molecule has 0 aliphatic heterocycles. The molecule has 0 fully saturated rings. The Morgan fingerprint density at radius 2 is 0.923 bits per heavy atom. The molecule has 0 aromatic carbocycles. The molecule has 0 aliphatic rings. The van der Waals surface area contributed by atoms with Crippen LogP contribution in [-0.2, 0) is 0 Å². The summed E-state index contributed by atoms with van der Waals surface area (Å²) < 4.78 is 0. The molecule has 0 aromatic rings. The highest BCUT2D eigenvalue weighted by atomic mass is 35.5. The van der Waals surface area contributed by atoms with Crippen LogP contribution >= 0.6 is 12.4 Å². The summed E-state index contributed by atoms with van der Waals surface area (Å²) in [7, 11) is 0. The van der Waals surface area contributed by atoms with E-state index in [0.717, 1.165) is 6.42 Å². The first-order valence-electron chi connectivity index (χ1n) is 10.6. The zero-order valence-corrected chi connectivity index (χ0v) is 17.9. The lowest BCUT2D eigenvalue weighted by Gasteiger charge is -2.03. The van der Waals surface area contributed by atoms with Gasteiger partial charge in [0.1, 0.15) is 0 Å². The highest BCUT2D eigenvalue weighted by Crippen LogP contribution is 2.13. The van der Waals surface area contributed by atoms with Crippen LogP contribution in [0.2, 0.25) is 0 Å². The van der Waals surface area contributed by atoms with E-state index in [4.69, 9.17) is 17.2 Å². The van der Waals surface area contributed by atoms with Crippen LogP contribution in [0.3, 0.4) is 0 Å². The molecule has 0 rings (SSSR count). The smallest absolute Gasteiger partial charge is 0.218 e. The largest absolute Gasteiger partial charge is 0.370 e. The van der Waals surface area contributed by atoms with Crippen molar-refractivity contribution in [1.29, 1.82) is 0 Å². The van der Waals surface area contributed by atoms with Gasteiger partial charge in [0.15, 0.2) is 5.96 Å². The van der Waals surface area contributed by atoms with Gasteiger partial charge in [0, 0.05) is 6.54 Å². The highest BCUT2D eigenvalue weighted by molar-refractivity contribution is 5.92. The van der Waals surface area contributed by atoms with E-state index in [1.165, 1.54) is 96.3 Å². The van der Waals surface area contributed by atoms with E-state index in [1.54, 1.807) is 0 Å². The molecule has 5 nitrogen and oxygen atoms in total. The number of rotatable bonds is 17. The Morgan fingerprint density at radius 3 is 1.27 bits per heavy atom. The summed E-state index contributed by atoms with van der Waals surface area (Å²) in [5, 5.41) is 0. The third-order valence-electron chi connectivity index (χ3n) is 4.53. The molecule has 0 bridgehead atoms. The maximum Gasteiger partial charge on any atom is 0.218 e. The van der Waals surface area contributed by atoms with E-state index < -0.39 is 0 Å². The summed E-state index contributed by atoms with van der Waals surface area (Å²) in [6.07, 6.45) is 21.9. The van der Waals surface area contributed by atoms with Gasteiger partial charge >= 0.3 is 0 Å². The second-order valence-electron chi connectivity index (χ2n) is 7.08. The SMILES string of the molecule is CCCCCCCCCCCCCCCCCC/N=C(/N)N=C(N)N.Cl. The van der Waals surface area contributed by atoms with Crippen molar-refractivity contribution < 1.29 is 0 Å². The molecule has 0 unspecified atom stereocenters. The van der Waals surface area contributed by atoms with Gasteiger partial charge in [-0.05, 0) is 6.42 Å². The molecule has 0 saturated carbocycles. The Kier molecular flexibility index (Phi) is 23.1. The Morgan fingerprint density at radius 1 is 0.577 bits per heavy atom. The molecule has 26 heavy (non-hydrogen) atoms. The summed E-state index contributed by atoms with van der Waals surface area (Å²) in [5.41, 5.74) is 16.0. The number of nitrogens with zero attached hydrogens (tertiary/aromatic N) is 2. The van der Waals surface area contributed by atoms with Crippen molar-refractivity contribution >= 4 is 24.3 Å². The van der Waals surface area contributed by atoms with Crippen LogP contribution in [-0.4, -0.2) is 18.5 Å². The number of halogens is 1. The molecule has 0 heterocycles. The number of nitrogens with two attached hydrogens (primary N) is 3. The third-order valence-corrected chi connectivity index (χ3v) is 4.53. The van der Waals surface area contributed by atoms with Gasteiger partial charge in [-0.2, -0.15) is 4.99 Å². The second kappa shape index (κ2) is 22.1. The Bertz CT molecular complexity index is 341. The lowest BCUT2D eigenvalue weighted by Crippen LogP contribution is -2.26. The molecule has 0 amide bonds. The second-order valence-corrected chi connectivity index (χ2v) is 7.08. The predicted octanol–water partition coefficient (Wildman–Crippen LogP) is 5.26. The molecule has 0 saturated heterocycles. The van der Waals surface area contributed by atoms with Crippen LogP contribution in [0.5, 0.6) is 0 Å². The van der Waals surface area contributed by atoms with Gasteiger partial charge in [-0.3, -0.25) is 4.99 Å². The van der Waals surface area contributed by atoms with Crippen LogP contribution in [0.4, 0.5) is 0 Å². The van der Waals surface area contributed by atoms with Crippen LogP contribution in [0, 0.1) is 0 Å². The van der Waals surface area contributed by atoms with E-state index in [-0.39, 0.29) is 24.3 Å². The summed E-state index contributed by atoms with van der Waals surface area (Å²) in [4.78, 5) is 7.80. The van der Waals surface area contributed by atoms with E-state index in [0.29, 0.717) is 6.54 Å². The fraction of sp³-hybridized carbons (Fsp3) is 0.900. The van der Waals surface area contributed by atoms with E-state index in [1.807, 2.05) is 0 Å². The van der Waals surface area contributed by atoms with Crippen molar-refractivity contribution in [2.75, 3.05) is 6.54 Å². The first-order chi connectivity index (χ1) is 12.2. The number of aliphatic imine (C=N–C) groups is 2. The zero-order chi connectivity index (χ0) is 18.6. The van der Waals surface area contributed by atoms with Gasteiger partial charge in [-0.15, -0.1) is 12.4 Å². The average molecular weight is 390 g/mol. The van der Waals surface area contributed by atoms with Crippen molar-refractivity contribution in [3.8, 4) is 0 Å². The van der Waals surface area contributed by atoms with Crippen molar-refractivity contribution in [2.24, 2.45) is 27.2 Å². The molecule has 0 aliphatic carbocycles. The van der Waals surface area contributed by atoms with Gasteiger partial charge in [0.25, 0.3) is 0 Å². The normalized spacial score (nSPS) is 11.2. The van der Waals surface area contributed by atoms with E-state index in [9.17, 15) is 0 Å². The number of hydrogen-bond donors (Lipinski definition) is 3. The zero-order valence-electron chi connectivity index (χ0n) is 17.1. The molecule has 0 spiro atoms. The van der Waals surface area contributed by atoms with Gasteiger partial charge in [-0.1, -0.05) is 103 Å². The standard InChI is InChI=1S/C20H43N5.ClH/c1-2-3-4-5-6-7-8-9-10-11-12-13-14-15-16-17-18-24-20(23)25-19(21)22;/h2-18H2,1H3,(H6,21,22,23,24,25);1H. The Balaban J connectivity index is 0. The molecule has 0 atom stereocenters. The quantitative estimate of drug-likeness (QED) is 0.179. The molecule has 0 aromatic heterocycles. The molecule has 0 radical (unpaired) electrons. The number of guanidine groups is 2. The molecule has 156 valence electrons. The van der Waals surface area contributed by atoms with Crippen molar-refractivity contribution in [1.82, 2.24) is 0 Å². The molecule has 6 N–H and O–H groups in total. The predicted molar refractivity (Wildman–Crippen MR) is 119 cm³/mol. The van der Waals surface area contributed by atoms with E-state index >= 15 is 0 Å². The number of hydrogen-bond acceptors (Lipinski definition) is 1. The van der Waals surface area contributed by atoms with Crippen LogP contribution < -0.4 is 17.2 Å². The third kappa shape index (κ3) is 23.0. The monoisotopic (exact) mass is 389 g/mol. The Labute approximate surface area is 168 Å². The lowest BCUT2D eigenvalue weighted by molar-refractivity contribution is 0.530. The van der Waals surface area contributed by atoms with Gasteiger partial charge in [0.05, 0.1) is 0 Å². The van der Waals surface area contributed by atoms with Crippen LogP contribution in [0.25, 0.3) is 0 Å². The fourth-order valence-corrected chi connectivity index (χ4v) is 3.02. The van der Waals surface area contributed by atoms with Crippen molar-refractivity contribution in [3.05, 3.63) is 0 Å². The minimum absolute atomic E-state index is 0. The lowest BCUT2D eigenvalue weighted by atomic mass is 10.0. The highest BCUT2D eigenvalue weighted by Gasteiger charge is 1.95. The van der Waals surface area contributed by atoms with Crippen LogP contribution in [0.1, 0.15) is 110 Å². The Hall–Kier alpha value is -0.970. The summed E-state index contributed by atoms with van der Waals surface area (Å²) >= 11 is 0. The maximum atomic E-state index is 5.54. The van der Waals surface area contributed by atoms with Gasteiger partial charge in [0.2, 0.25) is 5.96 Å². The first kappa shape index (κ1) is 27.3. The fourth-order valence-electron chi connectivity index (χ4n) is 3.02. The average Bonchev–Trinajstić information content (AvgIpc) is 2.57. The van der Waals surface area contributed by atoms with Gasteiger partial charge in [-0.25, -0.2) is 0 Å². The van der Waals surface area contributed by atoms with E-state index in [2.05, 4.69) is 16.9 Å². The van der Waals surface area contributed by atoms with Gasteiger partial charge < -0.3 is 17.2 Å². The number of unbranched alkanes of at least 4 members (excludes halogenated alkanes) is 15. The first-order valence-corrected chi connectivity index (χ1v) is 10.6. The topological polar surface area (TPSA) is 103 Å². The summed E-state index contributed by atoms with van der Waals surface area (Å²) in [6, 6.07) is 0. The van der Waals surface area contributed by atoms with Crippen LogP contribution in [0.15, 0.2) is 9.98 Å². The molecular weight excluding hydrogens is 346 g/mol. The van der Waals surface area contributed by atoms with Crippen molar-refractivity contribution in [3.63, 3.8) is 0 Å². The summed E-state index contributed by atoms with van der Waals surface area (Å²) in [5.74, 6) is 0.147. The van der Waals surface area contributed by atoms with Crippen molar-refractivity contribution in [2.45, 2.75) is 110 Å². The summed E-state index contributed by atoms with van der Waals surface area (Å²) in [6.45, 7) is 2.99. The minimum atomic E-state index is -0.0341. The molecule has 6 heteroatoms. The minimum Gasteiger partial charge on any atom is -0.370 e.